The van der Waals surface area contributed by atoms with E-state index in [9.17, 15) is 24.6 Å². The molecule has 2 aromatic heterocycles. The smallest absolute Gasteiger partial charge is 0.343 e. The van der Waals surface area contributed by atoms with Crippen molar-refractivity contribution < 1.29 is 28.9 Å². The quantitative estimate of drug-likeness (QED) is 0.290. The van der Waals surface area contributed by atoms with E-state index in [0.717, 1.165) is 22.1 Å². The van der Waals surface area contributed by atoms with E-state index < -0.39 is 23.2 Å². The predicted octanol–water partition coefficient (Wildman–Crippen LogP) is 3.65. The maximum absolute atomic E-state index is 15.1. The molecule has 0 saturated carbocycles. The van der Waals surface area contributed by atoms with Gasteiger partial charge in [0.05, 0.1) is 35.1 Å². The Balaban J connectivity index is 1.45. The summed E-state index contributed by atoms with van der Waals surface area (Å²) >= 11 is 0. The first-order valence-corrected chi connectivity index (χ1v) is 13.5. The number of amides is 1. The number of esters is 1. The summed E-state index contributed by atoms with van der Waals surface area (Å²) < 4.78 is 21.8. The van der Waals surface area contributed by atoms with Gasteiger partial charge in [0.25, 0.3) is 11.5 Å². The fourth-order valence-corrected chi connectivity index (χ4v) is 6.55. The lowest BCUT2D eigenvalue weighted by molar-refractivity contribution is -0.172. The number of carbonyl (C=O) groups excluding carboxylic acids is 2. The number of phenolic OH excluding ortho intramolecular Hbond substituents is 1. The maximum atomic E-state index is 15.1. The molecule has 9 nitrogen and oxygen atoms in total. The minimum atomic E-state index is -1.97. The zero-order valence-corrected chi connectivity index (χ0v) is 22.4. The van der Waals surface area contributed by atoms with Crippen LogP contribution < -0.4 is 10.9 Å². The molecule has 2 aromatic carbocycles. The Bertz CT molecular complexity index is 1900. The second-order valence-corrected chi connectivity index (χ2v) is 10.9. The SMILES string of the molecule is CC[C@@]1(O)C(=O)OCc2c1cc1n(c2=O)Cc2c-1nc1cc(F)c(C)c3c1c2[C@@H](NC(=O)c1ccc(O)cc1)CC3. The van der Waals surface area contributed by atoms with Gasteiger partial charge in [-0.15, -0.1) is 0 Å². The molecule has 10 heteroatoms. The Kier molecular flexibility index (Phi) is 5.40. The van der Waals surface area contributed by atoms with E-state index in [-0.39, 0.29) is 48.2 Å². The highest BCUT2D eigenvalue weighted by molar-refractivity contribution is 5.97. The summed E-state index contributed by atoms with van der Waals surface area (Å²) in [5.41, 5.74) is 2.55. The van der Waals surface area contributed by atoms with Crippen LogP contribution in [-0.2, 0) is 34.7 Å². The first-order valence-electron chi connectivity index (χ1n) is 13.5. The minimum absolute atomic E-state index is 0.0181. The van der Waals surface area contributed by atoms with E-state index in [2.05, 4.69) is 5.32 Å². The van der Waals surface area contributed by atoms with E-state index in [1.54, 1.807) is 19.9 Å². The first kappa shape index (κ1) is 25.4. The number of nitrogens with zero attached hydrogens (tertiary/aromatic N) is 2. The molecular weight excluding hydrogens is 529 g/mol. The second kappa shape index (κ2) is 8.71. The number of pyridine rings is 2. The number of hydrogen-bond acceptors (Lipinski definition) is 7. The molecule has 2 aliphatic heterocycles. The number of cyclic esters (lactones) is 1. The van der Waals surface area contributed by atoms with Gasteiger partial charge in [-0.3, -0.25) is 9.59 Å². The van der Waals surface area contributed by atoms with Crippen molar-refractivity contribution in [3.8, 4) is 17.1 Å². The van der Waals surface area contributed by atoms with E-state index in [0.29, 0.717) is 40.9 Å². The lowest BCUT2D eigenvalue weighted by atomic mass is 9.81. The largest absolute Gasteiger partial charge is 0.508 e. The molecule has 4 heterocycles. The van der Waals surface area contributed by atoms with E-state index in [4.69, 9.17) is 9.72 Å². The second-order valence-electron chi connectivity index (χ2n) is 10.9. The summed E-state index contributed by atoms with van der Waals surface area (Å²) in [6, 6.07) is 8.49. The van der Waals surface area contributed by atoms with Gasteiger partial charge in [-0.1, -0.05) is 6.92 Å². The van der Waals surface area contributed by atoms with Gasteiger partial charge in [-0.2, -0.15) is 0 Å². The molecule has 41 heavy (non-hydrogen) atoms. The molecule has 3 N–H and O–H groups in total. The van der Waals surface area contributed by atoms with Gasteiger partial charge < -0.3 is 24.8 Å². The highest BCUT2D eigenvalue weighted by Crippen LogP contribution is 2.46. The lowest BCUT2D eigenvalue weighted by Crippen LogP contribution is -2.44. The van der Waals surface area contributed by atoms with Gasteiger partial charge in [0.1, 0.15) is 18.2 Å². The Labute approximate surface area is 233 Å². The van der Waals surface area contributed by atoms with Crippen molar-refractivity contribution in [1.29, 1.82) is 0 Å². The number of phenols is 1. The molecule has 4 aromatic rings. The van der Waals surface area contributed by atoms with Crippen LogP contribution in [0.1, 0.15) is 69.5 Å². The number of ether oxygens (including phenoxy) is 1. The Hall–Kier alpha value is -4.57. The van der Waals surface area contributed by atoms with Gasteiger partial charge in [-0.25, -0.2) is 14.2 Å². The number of aryl methyl sites for hydroxylation is 1. The number of aromatic nitrogens is 2. The fourth-order valence-electron chi connectivity index (χ4n) is 6.55. The van der Waals surface area contributed by atoms with Gasteiger partial charge in [0, 0.05) is 28.1 Å². The normalized spacial score (nSPS) is 20.3. The van der Waals surface area contributed by atoms with Crippen molar-refractivity contribution in [2.75, 3.05) is 0 Å². The van der Waals surface area contributed by atoms with Crippen LogP contribution in [-0.4, -0.2) is 31.6 Å². The summed E-state index contributed by atoms with van der Waals surface area (Å²) in [7, 11) is 0. The zero-order chi connectivity index (χ0) is 28.8. The topological polar surface area (TPSA) is 131 Å². The first-order chi connectivity index (χ1) is 19.6. The number of carbonyl (C=O) groups is 2. The Morgan fingerprint density at radius 3 is 2.68 bits per heavy atom. The van der Waals surface area contributed by atoms with Crippen LogP contribution in [0.2, 0.25) is 0 Å². The molecule has 208 valence electrons. The molecule has 0 spiro atoms. The molecule has 0 radical (unpaired) electrons. The number of hydrogen-bond donors (Lipinski definition) is 3. The molecule has 0 fully saturated rings. The van der Waals surface area contributed by atoms with E-state index in [1.165, 1.54) is 34.9 Å². The molecule has 0 unspecified atom stereocenters. The Morgan fingerprint density at radius 2 is 1.95 bits per heavy atom. The van der Waals surface area contributed by atoms with Crippen LogP contribution in [0.3, 0.4) is 0 Å². The zero-order valence-electron chi connectivity index (χ0n) is 22.4. The van der Waals surface area contributed by atoms with E-state index >= 15 is 4.39 Å². The molecule has 1 aliphatic carbocycles. The summed E-state index contributed by atoms with van der Waals surface area (Å²) in [5, 5.41) is 24.7. The standard InChI is InChI=1S/C31H26FN3O6/c1-3-31(40)20-10-24-27-18(12-35(24)29(38)19(20)13-41-30(31)39)26-22(34-28(37)15-4-6-16(36)7-5-15)9-8-17-14(2)21(32)11-23(33-27)25(17)26/h4-7,10-11,22,36,40H,3,8-9,12-13H2,1-2H3,(H,34,37)/t22-,31-/m0/s1. The number of fused-ring (bicyclic) bond motifs is 5. The summed E-state index contributed by atoms with van der Waals surface area (Å²) in [6.07, 6.45) is 1.05. The highest BCUT2D eigenvalue weighted by atomic mass is 19.1. The van der Waals surface area contributed by atoms with Crippen molar-refractivity contribution in [1.82, 2.24) is 14.9 Å². The van der Waals surface area contributed by atoms with Gasteiger partial charge >= 0.3 is 5.97 Å². The van der Waals surface area contributed by atoms with E-state index in [1.807, 2.05) is 0 Å². The van der Waals surface area contributed by atoms with Crippen LogP contribution in [0, 0.1) is 12.7 Å². The van der Waals surface area contributed by atoms with Crippen LogP contribution in [0.5, 0.6) is 5.75 Å². The van der Waals surface area contributed by atoms with Crippen molar-refractivity contribution >= 4 is 22.8 Å². The maximum Gasteiger partial charge on any atom is 0.343 e. The average molecular weight is 556 g/mol. The third-order valence-electron chi connectivity index (χ3n) is 8.81. The van der Waals surface area contributed by atoms with Crippen LogP contribution >= 0.6 is 0 Å². The summed E-state index contributed by atoms with van der Waals surface area (Å²) in [4.78, 5) is 44.4. The van der Waals surface area contributed by atoms with Crippen LogP contribution in [0.15, 0.2) is 41.2 Å². The molecular formula is C31H26FN3O6. The number of rotatable bonds is 3. The lowest BCUT2D eigenvalue weighted by Gasteiger charge is -2.31. The Morgan fingerprint density at radius 1 is 1.20 bits per heavy atom. The average Bonchev–Trinajstić information content (AvgIpc) is 3.33. The van der Waals surface area contributed by atoms with Crippen molar-refractivity contribution in [3.63, 3.8) is 0 Å². The van der Waals surface area contributed by atoms with Crippen molar-refractivity contribution in [3.05, 3.63) is 91.5 Å². The van der Waals surface area contributed by atoms with Gasteiger partial charge in [0.2, 0.25) is 0 Å². The molecule has 2 atom stereocenters. The van der Waals surface area contributed by atoms with Crippen LogP contribution in [0.25, 0.3) is 22.3 Å². The highest BCUT2D eigenvalue weighted by Gasteiger charge is 2.46. The third-order valence-corrected chi connectivity index (χ3v) is 8.81. The van der Waals surface area contributed by atoms with Crippen LogP contribution in [0.4, 0.5) is 4.39 Å². The van der Waals surface area contributed by atoms with Gasteiger partial charge in [0.15, 0.2) is 5.60 Å². The number of benzene rings is 2. The molecule has 7 rings (SSSR count). The summed E-state index contributed by atoms with van der Waals surface area (Å²) in [5.74, 6) is -1.48. The number of nitrogens with one attached hydrogen (secondary N) is 1. The molecule has 3 aliphatic rings. The predicted molar refractivity (Wildman–Crippen MR) is 146 cm³/mol. The molecule has 0 bridgehead atoms. The van der Waals surface area contributed by atoms with Gasteiger partial charge in [-0.05, 0) is 73.2 Å². The molecule has 1 amide bonds. The number of aromatic hydroxyl groups is 1. The summed E-state index contributed by atoms with van der Waals surface area (Å²) in [6.45, 7) is 3.29. The minimum Gasteiger partial charge on any atom is -0.508 e. The third kappa shape index (κ3) is 3.50. The van der Waals surface area contributed by atoms with Crippen molar-refractivity contribution in [2.45, 2.75) is 57.9 Å². The monoisotopic (exact) mass is 555 g/mol. The molecule has 0 saturated heterocycles. The van der Waals surface area contributed by atoms with Crippen molar-refractivity contribution in [2.24, 2.45) is 0 Å². The number of aliphatic hydroxyl groups is 1. The fraction of sp³-hybridized carbons (Fsp3) is 0.290. The number of halogens is 1.